The van der Waals surface area contributed by atoms with Crippen molar-refractivity contribution in [3.05, 3.63) is 53.6 Å². The number of aryl methyl sites for hydroxylation is 1. The molecule has 2 rings (SSSR count). The van der Waals surface area contributed by atoms with E-state index in [1.54, 1.807) is 45.4 Å². The van der Waals surface area contributed by atoms with Gasteiger partial charge in [-0.3, -0.25) is 4.79 Å². The van der Waals surface area contributed by atoms with Gasteiger partial charge in [0.25, 0.3) is 0 Å². The third kappa shape index (κ3) is 5.24. The molecule has 0 atom stereocenters. The number of amides is 1. The van der Waals surface area contributed by atoms with Crippen molar-refractivity contribution < 1.29 is 23.8 Å². The number of nitrogens with one attached hydrogen (secondary N) is 1. The standard InChI is InChI=1S/C20H23NO5/c1-4-26-20(23)15-6-5-7-16(13-15)21-19(22)11-9-14-8-10-17(24-2)18(12-14)25-3/h5-8,10,12-13H,4,9,11H2,1-3H3,(H,21,22). The summed E-state index contributed by atoms with van der Waals surface area (Å²) in [6.45, 7) is 2.05. The van der Waals surface area contributed by atoms with Crippen molar-refractivity contribution in [2.24, 2.45) is 0 Å². The van der Waals surface area contributed by atoms with Crippen molar-refractivity contribution in [2.75, 3.05) is 26.1 Å². The summed E-state index contributed by atoms with van der Waals surface area (Å²) in [7, 11) is 3.15. The average Bonchev–Trinajstić information content (AvgIpc) is 2.66. The molecule has 1 amide bonds. The number of carbonyl (C=O) groups excluding carboxylic acids is 2. The van der Waals surface area contributed by atoms with E-state index in [0.717, 1.165) is 5.56 Å². The number of methoxy groups -OCH3 is 2. The Morgan fingerprint density at radius 3 is 2.46 bits per heavy atom. The number of hydrogen-bond donors (Lipinski definition) is 1. The number of anilines is 1. The van der Waals surface area contributed by atoms with E-state index in [0.29, 0.717) is 42.2 Å². The Morgan fingerprint density at radius 2 is 1.77 bits per heavy atom. The van der Waals surface area contributed by atoms with Crippen molar-refractivity contribution in [1.29, 1.82) is 0 Å². The van der Waals surface area contributed by atoms with E-state index in [1.165, 1.54) is 0 Å². The van der Waals surface area contributed by atoms with Gasteiger partial charge in [0.1, 0.15) is 0 Å². The third-order valence-electron chi connectivity index (χ3n) is 3.75. The van der Waals surface area contributed by atoms with Crippen LogP contribution < -0.4 is 14.8 Å². The van der Waals surface area contributed by atoms with Crippen molar-refractivity contribution in [2.45, 2.75) is 19.8 Å². The summed E-state index contributed by atoms with van der Waals surface area (Å²) in [4.78, 5) is 23.9. The van der Waals surface area contributed by atoms with Crippen LogP contribution in [-0.4, -0.2) is 32.7 Å². The van der Waals surface area contributed by atoms with E-state index in [1.807, 2.05) is 18.2 Å². The van der Waals surface area contributed by atoms with Gasteiger partial charge < -0.3 is 19.5 Å². The van der Waals surface area contributed by atoms with Crippen LogP contribution in [0.5, 0.6) is 11.5 Å². The third-order valence-corrected chi connectivity index (χ3v) is 3.75. The highest BCUT2D eigenvalue weighted by Gasteiger charge is 2.10. The van der Waals surface area contributed by atoms with Crippen LogP contribution in [0.1, 0.15) is 29.3 Å². The first-order valence-corrected chi connectivity index (χ1v) is 8.35. The average molecular weight is 357 g/mol. The van der Waals surface area contributed by atoms with Gasteiger partial charge in [0.2, 0.25) is 5.91 Å². The second kappa shape index (κ2) is 9.46. The van der Waals surface area contributed by atoms with Crippen molar-refractivity contribution >= 4 is 17.6 Å². The van der Waals surface area contributed by atoms with E-state index in [2.05, 4.69) is 5.32 Å². The van der Waals surface area contributed by atoms with Gasteiger partial charge in [-0.05, 0) is 49.2 Å². The first-order valence-electron chi connectivity index (χ1n) is 8.35. The summed E-state index contributed by atoms with van der Waals surface area (Å²) in [5.74, 6) is 0.735. The highest BCUT2D eigenvalue weighted by molar-refractivity contribution is 5.94. The van der Waals surface area contributed by atoms with E-state index in [9.17, 15) is 9.59 Å². The predicted molar refractivity (Wildman–Crippen MR) is 98.9 cm³/mol. The predicted octanol–water partition coefficient (Wildman–Crippen LogP) is 3.45. The zero-order chi connectivity index (χ0) is 18.9. The molecule has 2 aromatic rings. The van der Waals surface area contributed by atoms with E-state index in [-0.39, 0.29) is 5.91 Å². The molecule has 0 heterocycles. The monoisotopic (exact) mass is 357 g/mol. The molecule has 0 aromatic heterocycles. The summed E-state index contributed by atoms with van der Waals surface area (Å²) in [6.07, 6.45) is 0.864. The topological polar surface area (TPSA) is 73.9 Å². The van der Waals surface area contributed by atoms with Crippen LogP contribution in [0.15, 0.2) is 42.5 Å². The maximum atomic E-state index is 12.2. The molecular weight excluding hydrogens is 334 g/mol. The molecule has 0 bridgehead atoms. The molecule has 0 aliphatic carbocycles. The zero-order valence-electron chi connectivity index (χ0n) is 15.2. The normalized spacial score (nSPS) is 10.1. The number of rotatable bonds is 8. The van der Waals surface area contributed by atoms with Gasteiger partial charge in [0.05, 0.1) is 26.4 Å². The fraction of sp³-hybridized carbons (Fsp3) is 0.300. The summed E-state index contributed by atoms with van der Waals surface area (Å²) in [5.41, 5.74) is 1.94. The maximum absolute atomic E-state index is 12.2. The molecule has 6 heteroatoms. The molecular formula is C20H23NO5. The molecule has 138 valence electrons. The lowest BCUT2D eigenvalue weighted by Crippen LogP contribution is -2.13. The molecule has 0 aliphatic heterocycles. The lowest BCUT2D eigenvalue weighted by molar-refractivity contribution is -0.116. The Kier molecular flexibility index (Phi) is 7.02. The van der Waals surface area contributed by atoms with Crippen LogP contribution in [-0.2, 0) is 16.0 Å². The van der Waals surface area contributed by atoms with E-state index in [4.69, 9.17) is 14.2 Å². The van der Waals surface area contributed by atoms with Crippen LogP contribution in [0.4, 0.5) is 5.69 Å². The van der Waals surface area contributed by atoms with Gasteiger partial charge in [-0.25, -0.2) is 4.79 Å². The van der Waals surface area contributed by atoms with Crippen molar-refractivity contribution in [1.82, 2.24) is 0 Å². The second-order valence-electron chi connectivity index (χ2n) is 5.54. The highest BCUT2D eigenvalue weighted by atomic mass is 16.5. The van der Waals surface area contributed by atoms with Gasteiger partial charge in [-0.1, -0.05) is 12.1 Å². The molecule has 0 saturated heterocycles. The highest BCUT2D eigenvalue weighted by Crippen LogP contribution is 2.28. The maximum Gasteiger partial charge on any atom is 0.338 e. The van der Waals surface area contributed by atoms with E-state index < -0.39 is 5.97 Å². The molecule has 0 saturated carbocycles. The van der Waals surface area contributed by atoms with Gasteiger partial charge in [-0.15, -0.1) is 0 Å². The zero-order valence-corrected chi connectivity index (χ0v) is 15.2. The first-order chi connectivity index (χ1) is 12.6. The summed E-state index contributed by atoms with van der Waals surface area (Å²) in [6, 6.07) is 12.3. The van der Waals surface area contributed by atoms with Gasteiger partial charge in [-0.2, -0.15) is 0 Å². The Hall–Kier alpha value is -3.02. The Bertz CT molecular complexity index is 773. The lowest BCUT2D eigenvalue weighted by atomic mass is 10.1. The second-order valence-corrected chi connectivity index (χ2v) is 5.54. The van der Waals surface area contributed by atoms with Crippen LogP contribution in [0.3, 0.4) is 0 Å². The molecule has 0 spiro atoms. The van der Waals surface area contributed by atoms with Gasteiger partial charge in [0.15, 0.2) is 11.5 Å². The lowest BCUT2D eigenvalue weighted by Gasteiger charge is -2.10. The smallest absolute Gasteiger partial charge is 0.338 e. The molecule has 0 aliphatic rings. The SMILES string of the molecule is CCOC(=O)c1cccc(NC(=O)CCc2ccc(OC)c(OC)c2)c1. The first kappa shape index (κ1) is 19.3. The minimum atomic E-state index is -0.408. The minimum Gasteiger partial charge on any atom is -0.493 e. The molecule has 0 radical (unpaired) electrons. The van der Waals surface area contributed by atoms with Gasteiger partial charge >= 0.3 is 5.97 Å². The molecule has 6 nitrogen and oxygen atoms in total. The summed E-state index contributed by atoms with van der Waals surface area (Å²) < 4.78 is 15.4. The van der Waals surface area contributed by atoms with Gasteiger partial charge in [0, 0.05) is 12.1 Å². The van der Waals surface area contributed by atoms with Crippen molar-refractivity contribution in [3.63, 3.8) is 0 Å². The van der Waals surface area contributed by atoms with Crippen molar-refractivity contribution in [3.8, 4) is 11.5 Å². The Labute approximate surface area is 153 Å². The number of ether oxygens (including phenoxy) is 3. The number of carbonyl (C=O) groups is 2. The van der Waals surface area contributed by atoms with Crippen LogP contribution in [0.25, 0.3) is 0 Å². The quantitative estimate of drug-likeness (QED) is 0.733. The number of hydrogen-bond acceptors (Lipinski definition) is 5. The summed E-state index contributed by atoms with van der Waals surface area (Å²) in [5, 5.41) is 2.80. The molecule has 0 unspecified atom stereocenters. The Morgan fingerprint density at radius 1 is 1.00 bits per heavy atom. The molecule has 2 aromatic carbocycles. The van der Waals surface area contributed by atoms with Crippen LogP contribution in [0, 0.1) is 0 Å². The fourth-order valence-electron chi connectivity index (χ4n) is 2.46. The van der Waals surface area contributed by atoms with Crippen LogP contribution in [0.2, 0.25) is 0 Å². The molecule has 1 N–H and O–H groups in total. The minimum absolute atomic E-state index is 0.138. The number of benzene rings is 2. The summed E-state index contributed by atoms with van der Waals surface area (Å²) >= 11 is 0. The molecule has 26 heavy (non-hydrogen) atoms. The molecule has 0 fully saturated rings. The number of esters is 1. The fourth-order valence-corrected chi connectivity index (χ4v) is 2.46. The van der Waals surface area contributed by atoms with E-state index >= 15 is 0 Å². The largest absolute Gasteiger partial charge is 0.493 e. The van der Waals surface area contributed by atoms with Crippen LogP contribution >= 0.6 is 0 Å². The Balaban J connectivity index is 1.95.